The van der Waals surface area contributed by atoms with E-state index in [1.807, 2.05) is 0 Å². The highest BCUT2D eigenvalue weighted by Crippen LogP contribution is 2.23. The first-order valence-corrected chi connectivity index (χ1v) is 12.1. The number of hydrogen-bond acceptors (Lipinski definition) is 4. The van der Waals surface area contributed by atoms with Crippen LogP contribution >= 0.6 is 0 Å². The second-order valence-electron chi connectivity index (χ2n) is 7.87. The van der Waals surface area contributed by atoms with E-state index in [-0.39, 0.29) is 15.5 Å². The molecular weight excluding hydrogens is 396 g/mol. The molecule has 6 nitrogen and oxygen atoms in total. The monoisotopic (exact) mass is 424 g/mol. The van der Waals surface area contributed by atoms with Crippen LogP contribution in [0.4, 0.5) is 5.69 Å². The maximum atomic E-state index is 12.7. The molecule has 0 aromatic heterocycles. The van der Waals surface area contributed by atoms with Gasteiger partial charge < -0.3 is 0 Å². The van der Waals surface area contributed by atoms with E-state index in [9.17, 15) is 16.8 Å². The molecule has 154 valence electrons. The van der Waals surface area contributed by atoms with Gasteiger partial charge in [-0.25, -0.2) is 21.6 Å². The summed E-state index contributed by atoms with van der Waals surface area (Å²) in [5.41, 5.74) is 0.608. The normalized spacial score (nSPS) is 13.9. The average Bonchev–Trinajstić information content (AvgIpc) is 2.59. The van der Waals surface area contributed by atoms with E-state index < -0.39 is 25.6 Å². The zero-order chi connectivity index (χ0) is 21.2. The predicted octanol–water partition coefficient (Wildman–Crippen LogP) is 4.08. The van der Waals surface area contributed by atoms with Crippen molar-refractivity contribution in [3.05, 3.63) is 54.1 Å². The van der Waals surface area contributed by atoms with Crippen molar-refractivity contribution in [3.8, 4) is 0 Å². The lowest BCUT2D eigenvalue weighted by Gasteiger charge is -2.20. The number of hydrogen-bond donors (Lipinski definition) is 2. The second-order valence-corrected chi connectivity index (χ2v) is 11.2. The van der Waals surface area contributed by atoms with Crippen LogP contribution in [0.1, 0.15) is 52.5 Å². The molecule has 2 N–H and O–H groups in total. The van der Waals surface area contributed by atoms with Gasteiger partial charge in [-0.3, -0.25) is 4.72 Å². The first kappa shape index (κ1) is 22.4. The fourth-order valence-electron chi connectivity index (χ4n) is 2.61. The first-order chi connectivity index (χ1) is 12.8. The molecule has 28 heavy (non-hydrogen) atoms. The molecule has 0 spiro atoms. The van der Waals surface area contributed by atoms with Crippen molar-refractivity contribution in [2.75, 3.05) is 4.72 Å². The van der Waals surface area contributed by atoms with Crippen molar-refractivity contribution in [1.82, 2.24) is 4.72 Å². The van der Waals surface area contributed by atoms with E-state index in [2.05, 4.69) is 23.3 Å². The van der Waals surface area contributed by atoms with Gasteiger partial charge in [0, 0.05) is 5.54 Å². The zero-order valence-corrected chi connectivity index (χ0v) is 18.5. The van der Waals surface area contributed by atoms with Crippen LogP contribution in [0.5, 0.6) is 0 Å². The largest absolute Gasteiger partial charge is 0.280 e. The minimum atomic E-state index is -3.83. The van der Waals surface area contributed by atoms with Crippen LogP contribution in [0.25, 0.3) is 0 Å². The minimum absolute atomic E-state index is 0.00487. The van der Waals surface area contributed by atoms with Gasteiger partial charge in [0.05, 0.1) is 15.5 Å². The topological polar surface area (TPSA) is 92.3 Å². The number of rotatable bonds is 7. The van der Waals surface area contributed by atoms with E-state index in [0.29, 0.717) is 5.92 Å². The van der Waals surface area contributed by atoms with Gasteiger partial charge in [0.25, 0.3) is 10.0 Å². The smallest absolute Gasteiger partial charge is 0.261 e. The maximum Gasteiger partial charge on any atom is 0.261 e. The Morgan fingerprint density at radius 3 is 2.04 bits per heavy atom. The Labute approximate surface area is 168 Å². The van der Waals surface area contributed by atoms with Crippen LogP contribution in [0.15, 0.2) is 58.3 Å². The molecule has 0 saturated heterocycles. The van der Waals surface area contributed by atoms with Crippen molar-refractivity contribution in [2.24, 2.45) is 0 Å². The van der Waals surface area contributed by atoms with Crippen LogP contribution < -0.4 is 9.44 Å². The summed E-state index contributed by atoms with van der Waals surface area (Å²) < 4.78 is 55.3. The lowest BCUT2D eigenvalue weighted by molar-refractivity contribution is 0.491. The van der Waals surface area contributed by atoms with Gasteiger partial charge in [-0.1, -0.05) is 32.0 Å². The maximum absolute atomic E-state index is 12.7. The van der Waals surface area contributed by atoms with E-state index in [1.165, 1.54) is 24.3 Å². The van der Waals surface area contributed by atoms with Gasteiger partial charge in [0.2, 0.25) is 10.0 Å². The zero-order valence-electron chi connectivity index (χ0n) is 16.9. The molecular formula is C20H28N2O4S2. The quantitative estimate of drug-likeness (QED) is 0.700. The summed E-state index contributed by atoms with van der Waals surface area (Å²) in [6.45, 7) is 9.37. The second kappa shape index (κ2) is 8.23. The average molecular weight is 425 g/mol. The lowest BCUT2D eigenvalue weighted by Crippen LogP contribution is -2.40. The van der Waals surface area contributed by atoms with Gasteiger partial charge >= 0.3 is 0 Å². The highest BCUT2D eigenvalue weighted by atomic mass is 32.2. The molecule has 0 saturated carbocycles. The van der Waals surface area contributed by atoms with Crippen molar-refractivity contribution in [2.45, 2.75) is 62.3 Å². The Balaban J connectivity index is 2.28. The molecule has 0 heterocycles. The fourth-order valence-corrected chi connectivity index (χ4v) is 5.13. The Morgan fingerprint density at radius 1 is 0.893 bits per heavy atom. The third-order valence-corrected chi connectivity index (χ3v) is 7.36. The van der Waals surface area contributed by atoms with E-state index in [4.69, 9.17) is 0 Å². The number of sulfonamides is 2. The number of anilines is 1. The van der Waals surface area contributed by atoms with Crippen LogP contribution in [-0.4, -0.2) is 22.4 Å². The summed E-state index contributed by atoms with van der Waals surface area (Å²) in [4.78, 5) is 0.121. The van der Waals surface area contributed by atoms with Crippen molar-refractivity contribution in [3.63, 3.8) is 0 Å². The van der Waals surface area contributed by atoms with E-state index >= 15 is 0 Å². The summed E-state index contributed by atoms with van der Waals surface area (Å²) in [7, 11) is -7.59. The molecule has 0 amide bonds. The highest BCUT2D eigenvalue weighted by Gasteiger charge is 2.23. The molecule has 2 rings (SSSR count). The van der Waals surface area contributed by atoms with E-state index in [1.54, 1.807) is 45.0 Å². The predicted molar refractivity (Wildman–Crippen MR) is 112 cm³/mol. The van der Waals surface area contributed by atoms with Crippen molar-refractivity contribution >= 4 is 25.7 Å². The molecule has 0 unspecified atom stereocenters. The molecule has 0 aliphatic rings. The molecule has 2 aromatic carbocycles. The third kappa shape index (κ3) is 5.80. The SMILES string of the molecule is CC[C@@H](C)c1ccc(S(=O)(=O)Nc2cccc(S(=O)(=O)NC(C)(C)C)c2)cc1. The Hall–Kier alpha value is -1.90. The lowest BCUT2D eigenvalue weighted by atomic mass is 9.99. The number of benzene rings is 2. The summed E-state index contributed by atoms with van der Waals surface area (Å²) in [6.07, 6.45) is 0.966. The standard InChI is InChI=1S/C20H28N2O4S2/c1-6-15(2)16-10-12-18(13-11-16)27(23,24)21-17-8-7-9-19(14-17)28(25,26)22-20(3,4)5/h7-15,21-22H,6H2,1-5H3/t15-/m1/s1. The third-order valence-electron chi connectivity index (χ3n) is 4.21. The molecule has 0 aliphatic carbocycles. The Morgan fingerprint density at radius 2 is 1.50 bits per heavy atom. The highest BCUT2D eigenvalue weighted by molar-refractivity contribution is 7.92. The Bertz CT molecular complexity index is 1020. The molecule has 8 heteroatoms. The molecule has 0 bridgehead atoms. The summed E-state index contributed by atoms with van der Waals surface area (Å²) in [5, 5.41) is 0. The van der Waals surface area contributed by atoms with Gasteiger partial charge in [0.15, 0.2) is 0 Å². The summed E-state index contributed by atoms with van der Waals surface area (Å²) >= 11 is 0. The number of nitrogens with one attached hydrogen (secondary N) is 2. The van der Waals surface area contributed by atoms with Gasteiger partial charge in [-0.15, -0.1) is 0 Å². The molecule has 0 radical (unpaired) electrons. The molecule has 0 aliphatic heterocycles. The van der Waals surface area contributed by atoms with Gasteiger partial charge in [-0.2, -0.15) is 0 Å². The van der Waals surface area contributed by atoms with Gasteiger partial charge in [-0.05, 0) is 69.0 Å². The van der Waals surface area contributed by atoms with Crippen molar-refractivity contribution in [1.29, 1.82) is 0 Å². The summed E-state index contributed by atoms with van der Waals surface area (Å²) in [6, 6.07) is 12.5. The van der Waals surface area contributed by atoms with Crippen molar-refractivity contribution < 1.29 is 16.8 Å². The molecule has 1 atom stereocenters. The van der Waals surface area contributed by atoms with Gasteiger partial charge in [0.1, 0.15) is 0 Å². The fraction of sp³-hybridized carbons (Fsp3) is 0.400. The van der Waals surface area contributed by atoms with Crippen LogP contribution in [0.2, 0.25) is 0 Å². The van der Waals surface area contributed by atoms with Crippen LogP contribution in [0, 0.1) is 0 Å². The summed E-state index contributed by atoms with van der Waals surface area (Å²) in [5.74, 6) is 0.349. The van der Waals surface area contributed by atoms with Crippen LogP contribution in [-0.2, 0) is 20.0 Å². The van der Waals surface area contributed by atoms with E-state index in [0.717, 1.165) is 12.0 Å². The first-order valence-electron chi connectivity index (χ1n) is 9.11. The minimum Gasteiger partial charge on any atom is -0.280 e. The molecule has 0 fully saturated rings. The van der Waals surface area contributed by atoms with Crippen LogP contribution in [0.3, 0.4) is 0 Å². The molecule has 2 aromatic rings. The Kier molecular flexibility index (Phi) is 6.58.